The fourth-order valence-electron chi connectivity index (χ4n) is 3.18. The molecule has 0 bridgehead atoms. The van der Waals surface area contributed by atoms with Gasteiger partial charge in [0.05, 0.1) is 18.5 Å². The van der Waals surface area contributed by atoms with Crippen LogP contribution < -0.4 is 0 Å². The quantitative estimate of drug-likeness (QED) is 0.341. The molecular weight excluding hydrogens is 405 g/mol. The first kappa shape index (κ1) is 21.9. The molecule has 2 heterocycles. The number of thiol groups is 1. The Morgan fingerprint density at radius 3 is 2.63 bits per heavy atom. The predicted molar refractivity (Wildman–Crippen MR) is 116 cm³/mol. The molecule has 156 valence electrons. The van der Waals surface area contributed by atoms with E-state index < -0.39 is 5.82 Å². The van der Waals surface area contributed by atoms with Crippen molar-refractivity contribution in [1.82, 2.24) is 9.88 Å². The minimum atomic E-state index is -0.541. The number of ether oxygens (including phenoxy) is 1. The molecule has 0 amide bonds. The number of hydrogen-bond acceptors (Lipinski definition) is 5. The number of rotatable bonds is 5. The maximum absolute atomic E-state index is 14.2. The van der Waals surface area contributed by atoms with Crippen molar-refractivity contribution in [3.05, 3.63) is 71.3 Å². The van der Waals surface area contributed by atoms with Crippen molar-refractivity contribution in [3.8, 4) is 0 Å². The van der Waals surface area contributed by atoms with Crippen LogP contribution in [0.25, 0.3) is 5.70 Å². The van der Waals surface area contributed by atoms with Gasteiger partial charge in [-0.15, -0.1) is 12.6 Å². The van der Waals surface area contributed by atoms with Gasteiger partial charge < -0.3 is 9.64 Å². The summed E-state index contributed by atoms with van der Waals surface area (Å²) in [7, 11) is 0. The van der Waals surface area contributed by atoms with E-state index in [0.717, 1.165) is 11.8 Å². The van der Waals surface area contributed by atoms with Crippen LogP contribution in [0, 0.1) is 5.82 Å². The van der Waals surface area contributed by atoms with Gasteiger partial charge in [-0.3, -0.25) is 14.6 Å². The Balaban J connectivity index is 1.82. The zero-order valence-corrected chi connectivity index (χ0v) is 17.6. The van der Waals surface area contributed by atoms with E-state index in [4.69, 9.17) is 4.74 Å². The zero-order valence-electron chi connectivity index (χ0n) is 16.7. The van der Waals surface area contributed by atoms with Gasteiger partial charge in [-0.2, -0.15) is 0 Å². The van der Waals surface area contributed by atoms with Gasteiger partial charge in [-0.1, -0.05) is 24.3 Å². The molecule has 1 aromatic heterocycles. The van der Waals surface area contributed by atoms with Gasteiger partial charge in [-0.25, -0.2) is 9.38 Å². The Labute approximate surface area is 179 Å². The van der Waals surface area contributed by atoms with E-state index in [9.17, 15) is 14.0 Å². The summed E-state index contributed by atoms with van der Waals surface area (Å²) >= 11 is 3.83. The second-order valence-corrected chi connectivity index (χ2v) is 7.29. The second-order valence-electron chi connectivity index (χ2n) is 6.89. The molecular formula is C22H22FN3O3S. The minimum absolute atomic E-state index is 0.203. The minimum Gasteiger partial charge on any atom is -0.370 e. The van der Waals surface area contributed by atoms with Gasteiger partial charge in [0.1, 0.15) is 11.9 Å². The summed E-state index contributed by atoms with van der Waals surface area (Å²) < 4.78 is 20.1. The molecule has 0 spiro atoms. The molecule has 0 aliphatic carbocycles. The molecule has 1 fully saturated rings. The number of carbonyl (C=O) groups excluding carboxylic acids is 2. The maximum Gasteiger partial charge on any atom is 0.216 e. The van der Waals surface area contributed by atoms with E-state index >= 15 is 0 Å². The lowest BCUT2D eigenvalue weighted by atomic mass is 10.1. The largest absolute Gasteiger partial charge is 0.370 e. The second kappa shape index (κ2) is 9.77. The number of ketones is 1. The number of halogens is 1. The molecule has 6 nitrogen and oxygen atoms in total. The van der Waals surface area contributed by atoms with E-state index in [2.05, 4.69) is 22.6 Å². The lowest BCUT2D eigenvalue weighted by Crippen LogP contribution is -2.41. The monoisotopic (exact) mass is 427 g/mol. The van der Waals surface area contributed by atoms with Crippen LogP contribution in [0.4, 0.5) is 4.39 Å². The van der Waals surface area contributed by atoms with Crippen LogP contribution in [0.3, 0.4) is 0 Å². The number of carbonyl (C=O) groups is 2. The first-order valence-corrected chi connectivity index (χ1v) is 9.87. The van der Waals surface area contributed by atoms with Gasteiger partial charge in [0.15, 0.2) is 11.6 Å². The Hall–Kier alpha value is -2.84. The Bertz CT molecular complexity index is 1000. The van der Waals surface area contributed by atoms with Crippen molar-refractivity contribution < 1.29 is 18.7 Å². The molecule has 1 aliphatic heterocycles. The fourth-order valence-corrected chi connectivity index (χ4v) is 3.33. The zero-order chi connectivity index (χ0) is 21.7. The molecule has 1 atom stereocenters. The molecule has 0 N–H and O–H groups in total. The third kappa shape index (κ3) is 5.40. The van der Waals surface area contributed by atoms with Crippen LogP contribution in [0.2, 0.25) is 0 Å². The van der Waals surface area contributed by atoms with Crippen LogP contribution in [-0.2, 0) is 9.53 Å². The first-order chi connectivity index (χ1) is 14.3. The predicted octanol–water partition coefficient (Wildman–Crippen LogP) is 3.71. The smallest absolute Gasteiger partial charge is 0.216 e. The summed E-state index contributed by atoms with van der Waals surface area (Å²) in [4.78, 5) is 33.3. The summed E-state index contributed by atoms with van der Waals surface area (Å²) in [6.07, 6.45) is 3.66. The molecule has 8 heteroatoms. The number of pyridine rings is 1. The fraction of sp³-hybridized carbons (Fsp3) is 0.273. The lowest BCUT2D eigenvalue weighted by Gasteiger charge is -2.34. The van der Waals surface area contributed by atoms with Crippen molar-refractivity contribution in [2.45, 2.75) is 20.0 Å². The van der Waals surface area contributed by atoms with Gasteiger partial charge in [-0.05, 0) is 25.5 Å². The highest BCUT2D eigenvalue weighted by atomic mass is 32.1. The lowest BCUT2D eigenvalue weighted by molar-refractivity contribution is -0.112. The van der Waals surface area contributed by atoms with E-state index in [1.165, 1.54) is 25.3 Å². The summed E-state index contributed by atoms with van der Waals surface area (Å²) in [6.45, 7) is 4.85. The third-order valence-electron chi connectivity index (χ3n) is 4.72. The van der Waals surface area contributed by atoms with Crippen LogP contribution in [-0.4, -0.2) is 46.3 Å². The number of aliphatic imine (C=N–C) groups is 1. The van der Waals surface area contributed by atoms with Crippen molar-refractivity contribution in [2.75, 3.05) is 19.7 Å². The number of nitrogens with zero attached hydrogens (tertiary/aromatic N) is 3. The number of morpholine rings is 1. The van der Waals surface area contributed by atoms with E-state index in [1.807, 2.05) is 24.0 Å². The Morgan fingerprint density at radius 1 is 1.27 bits per heavy atom. The molecule has 1 aromatic carbocycles. The Kier molecular flexibility index (Phi) is 7.12. The summed E-state index contributed by atoms with van der Waals surface area (Å²) in [5.74, 6) is -0.120. The van der Waals surface area contributed by atoms with Crippen molar-refractivity contribution in [1.29, 1.82) is 0 Å². The Morgan fingerprint density at radius 2 is 2.00 bits per heavy atom. The number of aromatic nitrogens is 1. The van der Waals surface area contributed by atoms with E-state index in [-0.39, 0.29) is 28.3 Å². The van der Waals surface area contributed by atoms with Gasteiger partial charge in [0.2, 0.25) is 5.12 Å². The van der Waals surface area contributed by atoms with Gasteiger partial charge in [0.25, 0.3) is 0 Å². The maximum atomic E-state index is 14.2. The van der Waals surface area contributed by atoms with Gasteiger partial charge in [0, 0.05) is 36.5 Å². The average Bonchev–Trinajstić information content (AvgIpc) is 2.73. The third-order valence-corrected chi connectivity index (χ3v) is 4.98. The molecule has 1 aliphatic rings. The topological polar surface area (TPSA) is 71.9 Å². The summed E-state index contributed by atoms with van der Waals surface area (Å²) in [5.41, 5.74) is 1.92. The molecule has 1 saturated heterocycles. The standard InChI is InChI=1S/C22H22FN3O3S/c1-14(27)11-20(18-7-8-24-12-19(18)23)25-15(2)26-9-10-29-21(13-26)16-3-5-17(6-4-16)22(28)30/h3-8,11-12,21H,9-10,13H2,1-2H3,(H,28,30)/b20-11-,25-15?/t21-/m1/s1. The number of benzene rings is 1. The van der Waals surface area contributed by atoms with Gasteiger partial charge >= 0.3 is 0 Å². The average molecular weight is 428 g/mol. The molecule has 3 rings (SSSR count). The molecule has 0 unspecified atom stereocenters. The van der Waals surface area contributed by atoms with Crippen molar-refractivity contribution in [2.24, 2.45) is 4.99 Å². The van der Waals surface area contributed by atoms with Crippen LogP contribution in [0.1, 0.15) is 41.4 Å². The van der Waals surface area contributed by atoms with Crippen LogP contribution in [0.15, 0.2) is 53.8 Å². The number of hydrogen-bond donors (Lipinski definition) is 1. The molecule has 0 radical (unpaired) electrons. The highest BCUT2D eigenvalue weighted by Gasteiger charge is 2.23. The highest BCUT2D eigenvalue weighted by molar-refractivity contribution is 7.97. The SMILES string of the molecule is CC(=O)/C=C(\N=C(C)N1CCO[C@@H](c2ccc(C(=O)S)cc2)C1)c1ccncc1F. The number of amidine groups is 1. The van der Waals surface area contributed by atoms with Crippen LogP contribution >= 0.6 is 12.6 Å². The molecule has 30 heavy (non-hydrogen) atoms. The number of allylic oxidation sites excluding steroid dienone is 1. The normalized spacial score (nSPS) is 17.7. The first-order valence-electron chi connectivity index (χ1n) is 9.42. The summed E-state index contributed by atoms with van der Waals surface area (Å²) in [5, 5.41) is -0.288. The van der Waals surface area contributed by atoms with E-state index in [0.29, 0.717) is 31.1 Å². The highest BCUT2D eigenvalue weighted by Crippen LogP contribution is 2.25. The molecule has 0 saturated carbocycles. The summed E-state index contributed by atoms with van der Waals surface area (Å²) in [6, 6.07) is 8.62. The molecule has 2 aromatic rings. The van der Waals surface area contributed by atoms with E-state index in [1.54, 1.807) is 12.1 Å². The van der Waals surface area contributed by atoms with Crippen molar-refractivity contribution >= 4 is 35.1 Å². The van der Waals surface area contributed by atoms with Crippen LogP contribution in [0.5, 0.6) is 0 Å². The van der Waals surface area contributed by atoms with Crippen molar-refractivity contribution in [3.63, 3.8) is 0 Å².